The van der Waals surface area contributed by atoms with E-state index >= 15 is 0 Å². The van der Waals surface area contributed by atoms with Crippen LogP contribution >= 0.6 is 11.8 Å². The molecule has 3 aromatic rings. The summed E-state index contributed by atoms with van der Waals surface area (Å²) in [4.78, 5) is 12.2. The Balaban J connectivity index is 2.03. The van der Waals surface area contributed by atoms with Crippen LogP contribution in [0.1, 0.15) is 5.56 Å². The standard InChI is InChI=1S/C17H10N2O2S/c18-11-13-10-14(8-9-16(13)19(20)21)22-17-7-3-5-12-4-1-2-6-15(12)17/h1-10H. The molecule has 3 aromatic carbocycles. The maximum absolute atomic E-state index is 10.9. The molecule has 0 fully saturated rings. The molecule has 0 atom stereocenters. The van der Waals surface area contributed by atoms with Gasteiger partial charge in [0.25, 0.3) is 5.69 Å². The van der Waals surface area contributed by atoms with Crippen molar-refractivity contribution in [2.45, 2.75) is 9.79 Å². The number of nitro benzene ring substituents is 1. The summed E-state index contributed by atoms with van der Waals surface area (Å²) >= 11 is 1.49. The third kappa shape index (κ3) is 2.65. The van der Waals surface area contributed by atoms with Crippen molar-refractivity contribution in [3.8, 4) is 6.07 Å². The van der Waals surface area contributed by atoms with Crippen molar-refractivity contribution >= 4 is 28.2 Å². The van der Waals surface area contributed by atoms with Crippen LogP contribution in [0.2, 0.25) is 0 Å². The van der Waals surface area contributed by atoms with Gasteiger partial charge in [0.2, 0.25) is 0 Å². The summed E-state index contributed by atoms with van der Waals surface area (Å²) in [7, 11) is 0. The summed E-state index contributed by atoms with van der Waals surface area (Å²) in [5, 5.41) is 22.2. The van der Waals surface area contributed by atoms with Crippen molar-refractivity contribution < 1.29 is 4.92 Å². The van der Waals surface area contributed by atoms with Gasteiger partial charge in [-0.25, -0.2) is 0 Å². The van der Waals surface area contributed by atoms with Crippen LogP contribution < -0.4 is 0 Å². The zero-order valence-corrected chi connectivity index (χ0v) is 12.2. The van der Waals surface area contributed by atoms with E-state index in [2.05, 4.69) is 0 Å². The molecule has 0 heterocycles. The summed E-state index contributed by atoms with van der Waals surface area (Å²) in [6, 6.07) is 20.5. The van der Waals surface area contributed by atoms with Gasteiger partial charge in [-0.3, -0.25) is 10.1 Å². The largest absolute Gasteiger partial charge is 0.287 e. The van der Waals surface area contributed by atoms with E-state index in [4.69, 9.17) is 5.26 Å². The summed E-state index contributed by atoms with van der Waals surface area (Å²) in [6.45, 7) is 0. The highest BCUT2D eigenvalue weighted by atomic mass is 32.2. The number of benzene rings is 3. The van der Waals surface area contributed by atoms with Crippen molar-refractivity contribution in [3.05, 3.63) is 76.3 Å². The Hall–Kier alpha value is -2.84. The second kappa shape index (κ2) is 5.88. The van der Waals surface area contributed by atoms with Gasteiger partial charge in [-0.05, 0) is 29.0 Å². The predicted octanol–water partition coefficient (Wildman–Crippen LogP) is 4.77. The number of fused-ring (bicyclic) bond motifs is 1. The monoisotopic (exact) mass is 306 g/mol. The van der Waals surface area contributed by atoms with Gasteiger partial charge in [-0.2, -0.15) is 5.26 Å². The number of nitrogens with zero attached hydrogens (tertiary/aromatic N) is 2. The third-order valence-electron chi connectivity index (χ3n) is 3.26. The number of nitriles is 1. The van der Waals surface area contributed by atoms with Gasteiger partial charge in [0.05, 0.1) is 4.92 Å². The maximum Gasteiger partial charge on any atom is 0.287 e. The van der Waals surface area contributed by atoms with Crippen LogP contribution in [0.15, 0.2) is 70.5 Å². The lowest BCUT2D eigenvalue weighted by Crippen LogP contribution is -1.92. The van der Waals surface area contributed by atoms with Crippen molar-refractivity contribution in [2.24, 2.45) is 0 Å². The average molecular weight is 306 g/mol. The van der Waals surface area contributed by atoms with Crippen LogP contribution in [-0.4, -0.2) is 4.92 Å². The van der Waals surface area contributed by atoms with E-state index in [1.807, 2.05) is 48.5 Å². The highest BCUT2D eigenvalue weighted by molar-refractivity contribution is 7.99. The first-order valence-corrected chi connectivity index (χ1v) is 7.35. The van der Waals surface area contributed by atoms with Crippen LogP contribution in [0.4, 0.5) is 5.69 Å². The number of rotatable bonds is 3. The molecule has 0 aliphatic carbocycles. The van der Waals surface area contributed by atoms with Gasteiger partial charge in [0.15, 0.2) is 0 Å². The fourth-order valence-electron chi connectivity index (χ4n) is 2.24. The molecule has 0 saturated carbocycles. The van der Waals surface area contributed by atoms with Crippen molar-refractivity contribution in [1.82, 2.24) is 0 Å². The van der Waals surface area contributed by atoms with Gasteiger partial charge >= 0.3 is 0 Å². The zero-order valence-electron chi connectivity index (χ0n) is 11.4. The fourth-order valence-corrected chi connectivity index (χ4v) is 3.25. The van der Waals surface area contributed by atoms with E-state index in [9.17, 15) is 10.1 Å². The first-order chi connectivity index (χ1) is 10.7. The lowest BCUT2D eigenvalue weighted by atomic mass is 10.1. The Labute approximate surface area is 131 Å². The first-order valence-electron chi connectivity index (χ1n) is 6.53. The number of nitro groups is 1. The fraction of sp³-hybridized carbons (Fsp3) is 0. The van der Waals surface area contributed by atoms with E-state index in [0.29, 0.717) is 0 Å². The molecule has 3 rings (SSSR count). The second-order valence-corrected chi connectivity index (χ2v) is 5.74. The topological polar surface area (TPSA) is 66.9 Å². The Bertz CT molecular complexity index is 911. The van der Waals surface area contributed by atoms with Crippen LogP contribution in [-0.2, 0) is 0 Å². The molecule has 0 radical (unpaired) electrons. The normalized spacial score (nSPS) is 10.3. The minimum atomic E-state index is -0.537. The Morgan fingerprint density at radius 3 is 2.59 bits per heavy atom. The molecule has 0 amide bonds. The van der Waals surface area contributed by atoms with Gasteiger partial charge in [-0.15, -0.1) is 0 Å². The Kier molecular flexibility index (Phi) is 3.77. The molecule has 0 bridgehead atoms. The lowest BCUT2D eigenvalue weighted by molar-refractivity contribution is -0.385. The summed E-state index contributed by atoms with van der Waals surface area (Å²) in [6.07, 6.45) is 0. The molecular weight excluding hydrogens is 296 g/mol. The highest BCUT2D eigenvalue weighted by Gasteiger charge is 2.14. The SMILES string of the molecule is N#Cc1cc(Sc2cccc3ccccc23)ccc1[N+](=O)[O-]. The van der Waals surface area contributed by atoms with E-state index in [1.54, 1.807) is 12.1 Å². The van der Waals surface area contributed by atoms with Crippen LogP contribution in [0.25, 0.3) is 10.8 Å². The maximum atomic E-state index is 10.9. The minimum absolute atomic E-state index is 0.0789. The van der Waals surface area contributed by atoms with E-state index in [1.165, 1.54) is 17.8 Å². The smallest absolute Gasteiger partial charge is 0.258 e. The molecule has 0 aromatic heterocycles. The summed E-state index contributed by atoms with van der Waals surface area (Å²) in [5.41, 5.74) is -0.0833. The number of hydrogen-bond acceptors (Lipinski definition) is 4. The second-order valence-electron chi connectivity index (χ2n) is 4.63. The molecule has 0 aliphatic rings. The van der Waals surface area contributed by atoms with Crippen LogP contribution in [0, 0.1) is 21.4 Å². The van der Waals surface area contributed by atoms with E-state index < -0.39 is 4.92 Å². The lowest BCUT2D eigenvalue weighted by Gasteiger charge is -2.06. The number of hydrogen-bond donors (Lipinski definition) is 0. The summed E-state index contributed by atoms with van der Waals surface area (Å²) < 4.78 is 0. The van der Waals surface area contributed by atoms with E-state index in [0.717, 1.165) is 20.6 Å². The van der Waals surface area contributed by atoms with Gasteiger partial charge < -0.3 is 0 Å². The van der Waals surface area contributed by atoms with Gasteiger partial charge in [0.1, 0.15) is 11.6 Å². The molecule has 0 saturated heterocycles. The van der Waals surface area contributed by atoms with E-state index in [-0.39, 0.29) is 11.3 Å². The zero-order chi connectivity index (χ0) is 15.5. The predicted molar refractivity (Wildman–Crippen MR) is 85.9 cm³/mol. The molecule has 4 nitrogen and oxygen atoms in total. The molecule has 0 N–H and O–H groups in total. The molecule has 5 heteroatoms. The Morgan fingerprint density at radius 1 is 1.05 bits per heavy atom. The molecule has 0 aliphatic heterocycles. The van der Waals surface area contributed by atoms with Gasteiger partial charge in [-0.1, -0.05) is 48.2 Å². The van der Waals surface area contributed by atoms with Crippen LogP contribution in [0.3, 0.4) is 0 Å². The van der Waals surface area contributed by atoms with Crippen LogP contribution in [0.5, 0.6) is 0 Å². The summed E-state index contributed by atoms with van der Waals surface area (Å²) in [5.74, 6) is 0. The van der Waals surface area contributed by atoms with Crippen molar-refractivity contribution in [1.29, 1.82) is 5.26 Å². The third-order valence-corrected chi connectivity index (χ3v) is 4.33. The van der Waals surface area contributed by atoms with Gasteiger partial charge in [0, 0.05) is 15.9 Å². The Morgan fingerprint density at radius 2 is 1.82 bits per heavy atom. The van der Waals surface area contributed by atoms with Crippen molar-refractivity contribution in [3.63, 3.8) is 0 Å². The highest BCUT2D eigenvalue weighted by Crippen LogP contribution is 2.35. The molecule has 0 spiro atoms. The molecule has 0 unspecified atom stereocenters. The average Bonchev–Trinajstić information content (AvgIpc) is 2.55. The molecule has 22 heavy (non-hydrogen) atoms. The minimum Gasteiger partial charge on any atom is -0.258 e. The molecular formula is C17H10N2O2S. The quantitative estimate of drug-likeness (QED) is 0.516. The van der Waals surface area contributed by atoms with Crippen molar-refractivity contribution in [2.75, 3.05) is 0 Å². The first kappa shape index (κ1) is 14.1. The molecule has 106 valence electrons.